The van der Waals surface area contributed by atoms with Crippen molar-refractivity contribution >= 4 is 5.97 Å². The van der Waals surface area contributed by atoms with E-state index >= 15 is 0 Å². The Morgan fingerprint density at radius 1 is 2.00 bits per heavy atom. The lowest BCUT2D eigenvalue weighted by atomic mass is 10.4. The molecule has 0 amide bonds. The highest BCUT2D eigenvalue weighted by atomic mass is 16.5. The lowest BCUT2D eigenvalue weighted by molar-refractivity contribution is -0.150. The van der Waals surface area contributed by atoms with Gasteiger partial charge in [-0.05, 0) is 6.92 Å². The normalized spacial score (nSPS) is 12.2. The molecule has 0 spiro atoms. The molecular weight excluding hydrogens is 120 g/mol. The monoisotopic (exact) mass is 130 g/mol. The van der Waals surface area contributed by atoms with E-state index < -0.39 is 12.1 Å². The Bertz CT molecular complexity index is 109. The Hall–Kier alpha value is -0.830. The molecule has 1 atom stereocenters. The molecule has 0 saturated heterocycles. The smallest absolute Gasteiger partial charge is 0.338 e. The van der Waals surface area contributed by atoms with E-state index in [2.05, 4.69) is 11.3 Å². The first-order valence-electron chi connectivity index (χ1n) is 2.69. The van der Waals surface area contributed by atoms with Crippen LogP contribution < -0.4 is 0 Å². The molecule has 3 nitrogen and oxygen atoms in total. The highest BCUT2D eigenvalue weighted by Crippen LogP contribution is 1.87. The molecule has 9 heavy (non-hydrogen) atoms. The van der Waals surface area contributed by atoms with E-state index in [1.54, 1.807) is 6.92 Å². The molecular formula is C6H10O3. The van der Waals surface area contributed by atoms with Crippen molar-refractivity contribution in [3.8, 4) is 0 Å². The molecule has 0 rings (SSSR count). The Morgan fingerprint density at radius 2 is 2.56 bits per heavy atom. The third-order valence-corrected chi connectivity index (χ3v) is 0.751. The van der Waals surface area contributed by atoms with Crippen molar-refractivity contribution in [2.75, 3.05) is 6.61 Å². The van der Waals surface area contributed by atoms with Crippen LogP contribution in [0.5, 0.6) is 0 Å². The highest BCUT2D eigenvalue weighted by molar-refractivity contribution is 5.76. The zero-order chi connectivity index (χ0) is 7.28. The number of hydrogen-bond acceptors (Lipinski definition) is 3. The summed E-state index contributed by atoms with van der Waals surface area (Å²) in [5.74, 6) is -0.646. The Balaban J connectivity index is 3.58. The maximum Gasteiger partial charge on any atom is 0.338 e. The number of carbonyl (C=O) groups excluding carboxylic acids is 1. The predicted octanol–water partition coefficient (Wildman–Crippen LogP) is 0.0964. The zero-order valence-electron chi connectivity index (χ0n) is 5.33. The molecule has 0 aliphatic heterocycles. The van der Waals surface area contributed by atoms with E-state index in [0.717, 1.165) is 6.08 Å². The second-order valence-electron chi connectivity index (χ2n) is 1.43. The molecule has 0 heterocycles. The fourth-order valence-corrected chi connectivity index (χ4v) is 0.324. The van der Waals surface area contributed by atoms with Gasteiger partial charge in [0.2, 0.25) is 0 Å². The molecule has 3 heteroatoms. The molecule has 0 aromatic heterocycles. The second kappa shape index (κ2) is 4.09. The predicted molar refractivity (Wildman–Crippen MR) is 32.8 cm³/mol. The lowest BCUT2D eigenvalue weighted by Gasteiger charge is -2.02. The fourth-order valence-electron chi connectivity index (χ4n) is 0.324. The number of ether oxygens (including phenoxy) is 1. The zero-order valence-corrected chi connectivity index (χ0v) is 5.33. The second-order valence-corrected chi connectivity index (χ2v) is 1.43. The quantitative estimate of drug-likeness (QED) is 0.435. The summed E-state index contributed by atoms with van der Waals surface area (Å²) >= 11 is 0. The van der Waals surface area contributed by atoms with Gasteiger partial charge in [0.05, 0.1) is 6.61 Å². The van der Waals surface area contributed by atoms with Crippen LogP contribution in [0.4, 0.5) is 0 Å². The van der Waals surface area contributed by atoms with Gasteiger partial charge in [-0.25, -0.2) is 4.79 Å². The average Bonchev–Trinajstić information content (AvgIpc) is 1.87. The summed E-state index contributed by atoms with van der Waals surface area (Å²) in [6.07, 6.45) is -0.0530. The van der Waals surface area contributed by atoms with Crippen molar-refractivity contribution in [3.63, 3.8) is 0 Å². The number of aliphatic hydroxyl groups excluding tert-OH is 1. The summed E-state index contributed by atoms with van der Waals surface area (Å²) in [6, 6.07) is 0. The van der Waals surface area contributed by atoms with Crippen LogP contribution in [0.2, 0.25) is 0 Å². The van der Waals surface area contributed by atoms with E-state index in [4.69, 9.17) is 5.11 Å². The van der Waals surface area contributed by atoms with Crippen LogP contribution in [0.15, 0.2) is 12.7 Å². The van der Waals surface area contributed by atoms with Gasteiger partial charge in [-0.1, -0.05) is 12.7 Å². The van der Waals surface area contributed by atoms with Crippen LogP contribution in [0.3, 0.4) is 0 Å². The van der Waals surface area contributed by atoms with E-state index in [1.807, 2.05) is 0 Å². The third kappa shape index (κ3) is 2.87. The van der Waals surface area contributed by atoms with Gasteiger partial charge in [-0.15, -0.1) is 0 Å². The summed E-state index contributed by atoms with van der Waals surface area (Å²) in [4.78, 5) is 10.4. The van der Waals surface area contributed by atoms with E-state index in [1.165, 1.54) is 0 Å². The van der Waals surface area contributed by atoms with Gasteiger partial charge in [-0.2, -0.15) is 0 Å². The summed E-state index contributed by atoms with van der Waals surface area (Å²) in [5.41, 5.74) is 0. The van der Waals surface area contributed by atoms with Crippen LogP contribution in [0.25, 0.3) is 0 Å². The number of aliphatic hydroxyl groups is 1. The minimum absolute atomic E-state index is 0.281. The molecule has 0 bridgehead atoms. The Morgan fingerprint density at radius 3 is 2.89 bits per heavy atom. The largest absolute Gasteiger partial charge is 0.464 e. The van der Waals surface area contributed by atoms with Crippen molar-refractivity contribution in [3.05, 3.63) is 12.7 Å². The number of rotatable bonds is 3. The van der Waals surface area contributed by atoms with Crippen molar-refractivity contribution in [2.24, 2.45) is 0 Å². The van der Waals surface area contributed by atoms with E-state index in [-0.39, 0.29) is 6.61 Å². The lowest BCUT2D eigenvalue weighted by Crippen LogP contribution is -2.19. The minimum atomic E-state index is -1.18. The SMILES string of the molecule is C=CC(O)C(=O)OCC. The van der Waals surface area contributed by atoms with Crippen LogP contribution in [-0.4, -0.2) is 23.8 Å². The number of esters is 1. The summed E-state index contributed by atoms with van der Waals surface area (Å²) in [7, 11) is 0. The van der Waals surface area contributed by atoms with Crippen molar-refractivity contribution in [1.82, 2.24) is 0 Å². The maximum atomic E-state index is 10.4. The van der Waals surface area contributed by atoms with Crippen LogP contribution in [-0.2, 0) is 9.53 Å². The number of carbonyl (C=O) groups is 1. The first kappa shape index (κ1) is 8.17. The first-order chi connectivity index (χ1) is 4.22. The van der Waals surface area contributed by atoms with Gasteiger partial charge in [0, 0.05) is 0 Å². The molecule has 0 aliphatic rings. The Labute approximate surface area is 53.9 Å². The first-order valence-corrected chi connectivity index (χ1v) is 2.69. The molecule has 0 radical (unpaired) electrons. The molecule has 0 saturated carbocycles. The summed E-state index contributed by atoms with van der Waals surface area (Å²) < 4.78 is 4.43. The van der Waals surface area contributed by atoms with Gasteiger partial charge in [0.15, 0.2) is 6.10 Å². The van der Waals surface area contributed by atoms with Gasteiger partial charge >= 0.3 is 5.97 Å². The van der Waals surface area contributed by atoms with Crippen LogP contribution >= 0.6 is 0 Å². The molecule has 0 aromatic rings. The van der Waals surface area contributed by atoms with E-state index in [0.29, 0.717) is 0 Å². The average molecular weight is 130 g/mol. The summed E-state index contributed by atoms with van der Waals surface area (Å²) in [5, 5.41) is 8.66. The summed E-state index contributed by atoms with van der Waals surface area (Å²) in [6.45, 7) is 5.17. The van der Waals surface area contributed by atoms with Gasteiger partial charge in [0.1, 0.15) is 0 Å². The van der Waals surface area contributed by atoms with Crippen molar-refractivity contribution in [2.45, 2.75) is 13.0 Å². The van der Waals surface area contributed by atoms with Crippen molar-refractivity contribution < 1.29 is 14.6 Å². The maximum absolute atomic E-state index is 10.4. The molecule has 0 fully saturated rings. The molecule has 0 aromatic carbocycles. The van der Waals surface area contributed by atoms with Crippen LogP contribution in [0, 0.1) is 0 Å². The van der Waals surface area contributed by atoms with Crippen LogP contribution in [0.1, 0.15) is 6.92 Å². The van der Waals surface area contributed by atoms with Crippen molar-refractivity contribution in [1.29, 1.82) is 0 Å². The van der Waals surface area contributed by atoms with Gasteiger partial charge in [0.25, 0.3) is 0 Å². The molecule has 0 aliphatic carbocycles. The standard InChI is InChI=1S/C6H10O3/c1-3-5(7)6(8)9-4-2/h3,5,7H,1,4H2,2H3. The topological polar surface area (TPSA) is 46.5 Å². The van der Waals surface area contributed by atoms with Gasteiger partial charge in [-0.3, -0.25) is 0 Å². The third-order valence-electron chi connectivity index (χ3n) is 0.751. The molecule has 52 valence electrons. The fraction of sp³-hybridized carbons (Fsp3) is 0.500. The highest BCUT2D eigenvalue weighted by Gasteiger charge is 2.09. The molecule has 1 N–H and O–H groups in total. The van der Waals surface area contributed by atoms with Gasteiger partial charge < -0.3 is 9.84 Å². The van der Waals surface area contributed by atoms with E-state index in [9.17, 15) is 4.79 Å². The Kier molecular flexibility index (Phi) is 3.71. The number of hydrogen-bond donors (Lipinski definition) is 1. The molecule has 1 unspecified atom stereocenters. The minimum Gasteiger partial charge on any atom is -0.464 e.